The molecule has 2 aromatic rings. The molecule has 1 aliphatic rings. The zero-order chi connectivity index (χ0) is 20.6. The maximum Gasteiger partial charge on any atom is 0.260 e. The van der Waals surface area contributed by atoms with Gasteiger partial charge in [0.1, 0.15) is 5.75 Å². The van der Waals surface area contributed by atoms with Crippen molar-refractivity contribution in [3.05, 3.63) is 53.6 Å². The van der Waals surface area contributed by atoms with Crippen molar-refractivity contribution in [2.45, 2.75) is 0 Å². The molecule has 0 radical (unpaired) electrons. The van der Waals surface area contributed by atoms with Gasteiger partial charge in [-0.2, -0.15) is 0 Å². The molecular formula is C21H24ClN3O4. The predicted molar refractivity (Wildman–Crippen MR) is 113 cm³/mol. The second-order valence-electron chi connectivity index (χ2n) is 6.69. The van der Waals surface area contributed by atoms with Crippen LogP contribution < -0.4 is 15.0 Å². The largest absolute Gasteiger partial charge is 0.484 e. The lowest BCUT2D eigenvalue weighted by molar-refractivity contribution is -0.135. The van der Waals surface area contributed by atoms with Crippen LogP contribution >= 0.6 is 11.6 Å². The van der Waals surface area contributed by atoms with Crippen molar-refractivity contribution in [1.82, 2.24) is 4.90 Å². The molecule has 0 saturated carbocycles. The highest BCUT2D eigenvalue weighted by Crippen LogP contribution is 2.19. The van der Waals surface area contributed by atoms with Crippen LogP contribution in [0.25, 0.3) is 0 Å². The Balaban J connectivity index is 1.44. The van der Waals surface area contributed by atoms with Gasteiger partial charge in [0.05, 0.1) is 19.8 Å². The number of nitrogens with zero attached hydrogens (tertiary/aromatic N) is 2. The van der Waals surface area contributed by atoms with Crippen LogP contribution in [0, 0.1) is 0 Å². The summed E-state index contributed by atoms with van der Waals surface area (Å²) in [4.78, 5) is 28.0. The van der Waals surface area contributed by atoms with Crippen molar-refractivity contribution in [2.24, 2.45) is 0 Å². The molecule has 7 nitrogen and oxygen atoms in total. The molecule has 0 atom stereocenters. The quantitative estimate of drug-likeness (QED) is 0.750. The van der Waals surface area contributed by atoms with E-state index in [0.29, 0.717) is 16.5 Å². The summed E-state index contributed by atoms with van der Waals surface area (Å²) in [6.07, 6.45) is 0. The van der Waals surface area contributed by atoms with Gasteiger partial charge in [-0.1, -0.05) is 11.6 Å². The first-order valence-corrected chi connectivity index (χ1v) is 9.74. The highest BCUT2D eigenvalue weighted by molar-refractivity contribution is 6.30. The molecule has 8 heteroatoms. The van der Waals surface area contributed by atoms with Crippen LogP contribution in [0.3, 0.4) is 0 Å². The zero-order valence-corrected chi connectivity index (χ0v) is 17.0. The molecular weight excluding hydrogens is 394 g/mol. The van der Waals surface area contributed by atoms with Crippen molar-refractivity contribution in [1.29, 1.82) is 0 Å². The average molecular weight is 418 g/mol. The second kappa shape index (κ2) is 10.1. The number of rotatable bonds is 7. The van der Waals surface area contributed by atoms with Crippen LogP contribution in [0.5, 0.6) is 5.75 Å². The number of carbonyl (C=O) groups excluding carboxylic acids is 2. The minimum absolute atomic E-state index is 0.0615. The van der Waals surface area contributed by atoms with Crippen LogP contribution in [-0.2, 0) is 14.3 Å². The van der Waals surface area contributed by atoms with Crippen molar-refractivity contribution < 1.29 is 19.1 Å². The van der Waals surface area contributed by atoms with Gasteiger partial charge in [-0.25, -0.2) is 0 Å². The first-order valence-electron chi connectivity index (χ1n) is 9.36. The molecule has 3 rings (SSSR count). The Hall–Kier alpha value is -2.77. The summed E-state index contributed by atoms with van der Waals surface area (Å²) >= 11 is 5.81. The summed E-state index contributed by atoms with van der Waals surface area (Å²) in [5.41, 5.74) is 1.78. The lowest BCUT2D eigenvalue weighted by Gasteiger charge is -2.28. The minimum atomic E-state index is -0.294. The molecule has 0 bridgehead atoms. The number of carbonyl (C=O) groups is 2. The summed E-state index contributed by atoms with van der Waals surface area (Å²) in [6.45, 7) is 2.95. The van der Waals surface area contributed by atoms with Gasteiger partial charge in [-0.05, 0) is 48.5 Å². The van der Waals surface area contributed by atoms with Crippen molar-refractivity contribution in [3.8, 4) is 5.75 Å². The third-order valence-corrected chi connectivity index (χ3v) is 4.76. The molecule has 0 aromatic heterocycles. The number of morpholine rings is 1. The monoisotopic (exact) mass is 417 g/mol. The summed E-state index contributed by atoms with van der Waals surface area (Å²) < 4.78 is 10.8. The van der Waals surface area contributed by atoms with Crippen LogP contribution in [0.2, 0.25) is 5.02 Å². The maximum absolute atomic E-state index is 12.2. The van der Waals surface area contributed by atoms with Crippen molar-refractivity contribution in [3.63, 3.8) is 0 Å². The van der Waals surface area contributed by atoms with Gasteiger partial charge < -0.3 is 24.6 Å². The van der Waals surface area contributed by atoms with E-state index in [1.807, 2.05) is 24.3 Å². The van der Waals surface area contributed by atoms with E-state index in [1.165, 1.54) is 4.90 Å². The molecule has 154 valence electrons. The lowest BCUT2D eigenvalue weighted by Crippen LogP contribution is -2.37. The van der Waals surface area contributed by atoms with Gasteiger partial charge in [0.2, 0.25) is 5.91 Å². The third kappa shape index (κ3) is 6.37. The number of anilines is 2. The van der Waals surface area contributed by atoms with Crippen molar-refractivity contribution in [2.75, 3.05) is 56.7 Å². The van der Waals surface area contributed by atoms with E-state index in [1.54, 1.807) is 31.3 Å². The van der Waals surface area contributed by atoms with Crippen LogP contribution in [0.15, 0.2) is 48.5 Å². The number of ether oxygens (including phenoxy) is 2. The molecule has 2 amide bonds. The fourth-order valence-corrected chi connectivity index (χ4v) is 2.99. The number of amides is 2. The fraction of sp³-hybridized carbons (Fsp3) is 0.333. The Kier molecular flexibility index (Phi) is 7.32. The topological polar surface area (TPSA) is 71.1 Å². The molecule has 1 N–H and O–H groups in total. The highest BCUT2D eigenvalue weighted by Gasteiger charge is 2.15. The molecule has 1 saturated heterocycles. The molecule has 1 heterocycles. The molecule has 2 aromatic carbocycles. The van der Waals surface area contributed by atoms with Gasteiger partial charge >= 0.3 is 0 Å². The fourth-order valence-electron chi connectivity index (χ4n) is 2.87. The summed E-state index contributed by atoms with van der Waals surface area (Å²) in [7, 11) is 1.56. The summed E-state index contributed by atoms with van der Waals surface area (Å²) in [6, 6.07) is 14.4. The standard InChI is InChI=1S/C21H24ClN3O4/c1-24(21(27)15-29-19-8-2-16(22)3-9-19)14-20(26)23-17-4-6-18(7-5-17)25-10-12-28-13-11-25/h2-9H,10-15H2,1H3,(H,23,26). The normalized spacial score (nSPS) is 13.7. The SMILES string of the molecule is CN(CC(=O)Nc1ccc(N2CCOCC2)cc1)C(=O)COc1ccc(Cl)cc1. The van der Waals surface area contributed by atoms with E-state index < -0.39 is 0 Å². The Labute approximate surface area is 175 Å². The molecule has 0 spiro atoms. The van der Waals surface area contributed by atoms with Crippen LogP contribution in [0.4, 0.5) is 11.4 Å². The van der Waals surface area contributed by atoms with Gasteiger partial charge in [-0.3, -0.25) is 9.59 Å². The van der Waals surface area contributed by atoms with E-state index >= 15 is 0 Å². The molecule has 1 aliphatic heterocycles. The average Bonchev–Trinajstić information content (AvgIpc) is 2.74. The van der Waals surface area contributed by atoms with E-state index in [0.717, 1.165) is 32.0 Å². The number of hydrogen-bond acceptors (Lipinski definition) is 5. The van der Waals surface area contributed by atoms with Gasteiger partial charge in [-0.15, -0.1) is 0 Å². The molecule has 29 heavy (non-hydrogen) atoms. The number of benzene rings is 2. The van der Waals surface area contributed by atoms with E-state index in [9.17, 15) is 9.59 Å². The zero-order valence-electron chi connectivity index (χ0n) is 16.3. The first kappa shape index (κ1) is 21.0. The third-order valence-electron chi connectivity index (χ3n) is 4.51. The Morgan fingerprint density at radius 2 is 1.76 bits per heavy atom. The Morgan fingerprint density at radius 1 is 1.10 bits per heavy atom. The molecule has 0 unspecified atom stereocenters. The second-order valence-corrected chi connectivity index (χ2v) is 7.12. The number of nitrogens with one attached hydrogen (secondary N) is 1. The van der Waals surface area contributed by atoms with Crippen LogP contribution in [0.1, 0.15) is 0 Å². The summed E-state index contributed by atoms with van der Waals surface area (Å²) in [5, 5.41) is 3.40. The predicted octanol–water partition coefficient (Wildman–Crippen LogP) is 2.65. The highest BCUT2D eigenvalue weighted by atomic mass is 35.5. The lowest BCUT2D eigenvalue weighted by atomic mass is 10.2. The van der Waals surface area contributed by atoms with Crippen molar-refractivity contribution >= 4 is 34.8 Å². The summed E-state index contributed by atoms with van der Waals surface area (Å²) in [5.74, 6) is -0.0230. The molecule has 1 fully saturated rings. The van der Waals surface area contributed by atoms with Crippen LogP contribution in [-0.4, -0.2) is 63.2 Å². The smallest absolute Gasteiger partial charge is 0.260 e. The molecule has 0 aliphatic carbocycles. The van der Waals surface area contributed by atoms with Gasteiger partial charge in [0, 0.05) is 36.5 Å². The Bertz CT molecular complexity index is 821. The van der Waals surface area contributed by atoms with E-state index in [2.05, 4.69) is 10.2 Å². The number of halogens is 1. The first-order chi connectivity index (χ1) is 14.0. The number of likely N-dealkylation sites (N-methyl/N-ethyl adjacent to an activating group) is 1. The van der Waals surface area contributed by atoms with Gasteiger partial charge in [0.25, 0.3) is 5.91 Å². The van der Waals surface area contributed by atoms with E-state index in [4.69, 9.17) is 21.1 Å². The van der Waals surface area contributed by atoms with Gasteiger partial charge in [0.15, 0.2) is 6.61 Å². The number of hydrogen-bond donors (Lipinski definition) is 1. The Morgan fingerprint density at radius 3 is 2.41 bits per heavy atom. The maximum atomic E-state index is 12.2. The minimum Gasteiger partial charge on any atom is -0.484 e. The van der Waals surface area contributed by atoms with E-state index in [-0.39, 0.29) is 25.0 Å².